The van der Waals surface area contributed by atoms with Crippen LogP contribution < -0.4 is 11.5 Å². The summed E-state index contributed by atoms with van der Waals surface area (Å²) in [5.41, 5.74) is 19.0. The van der Waals surface area contributed by atoms with E-state index in [0.29, 0.717) is 10.3 Å². The van der Waals surface area contributed by atoms with Crippen LogP contribution >= 0.6 is 48.3 Å². The van der Waals surface area contributed by atoms with Gasteiger partial charge in [0.25, 0.3) is 0 Å². The van der Waals surface area contributed by atoms with Crippen molar-refractivity contribution in [2.75, 3.05) is 0 Å². The van der Waals surface area contributed by atoms with E-state index in [1.54, 1.807) is 23.5 Å². The first-order chi connectivity index (χ1) is 14.5. The second kappa shape index (κ2) is 14.1. The van der Waals surface area contributed by atoms with Crippen molar-refractivity contribution in [2.24, 2.45) is 21.5 Å². The SMILES string of the molecule is Cc1cc(CSC(N)=Nc2ccccc2)c(C)cc1CSC(N)=Nc1ccccc1.Cl.Cl. The summed E-state index contributed by atoms with van der Waals surface area (Å²) in [6.07, 6.45) is 0. The fourth-order valence-electron chi connectivity index (χ4n) is 2.87. The van der Waals surface area contributed by atoms with Crippen molar-refractivity contribution in [1.29, 1.82) is 0 Å². The van der Waals surface area contributed by atoms with Crippen molar-refractivity contribution in [3.63, 3.8) is 0 Å². The van der Waals surface area contributed by atoms with E-state index in [-0.39, 0.29) is 24.8 Å². The van der Waals surface area contributed by atoms with Crippen molar-refractivity contribution in [1.82, 2.24) is 0 Å². The second-order valence-electron chi connectivity index (χ2n) is 6.85. The van der Waals surface area contributed by atoms with Crippen LogP contribution in [-0.4, -0.2) is 10.3 Å². The Hall–Kier alpha value is -2.12. The van der Waals surface area contributed by atoms with Gasteiger partial charge in [0.15, 0.2) is 10.3 Å². The number of benzene rings is 3. The lowest BCUT2D eigenvalue weighted by Gasteiger charge is -2.12. The Bertz CT molecular complexity index is 957. The molecule has 3 rings (SSSR count). The molecule has 0 aliphatic carbocycles. The van der Waals surface area contributed by atoms with E-state index in [9.17, 15) is 0 Å². The van der Waals surface area contributed by atoms with Crippen molar-refractivity contribution >= 4 is 70.0 Å². The second-order valence-corrected chi connectivity index (χ2v) is 8.84. The third kappa shape index (κ3) is 8.79. The molecule has 3 aromatic carbocycles. The molecule has 8 heteroatoms. The van der Waals surface area contributed by atoms with E-state index >= 15 is 0 Å². The van der Waals surface area contributed by atoms with Crippen LogP contribution in [-0.2, 0) is 11.5 Å². The Labute approximate surface area is 211 Å². The number of aliphatic imine (C=N–C) groups is 2. The molecule has 0 atom stereocenters. The molecule has 0 aliphatic rings. The lowest BCUT2D eigenvalue weighted by Crippen LogP contribution is -2.07. The Morgan fingerprint density at radius 2 is 1.00 bits per heavy atom. The van der Waals surface area contributed by atoms with Gasteiger partial charge in [-0.3, -0.25) is 0 Å². The molecule has 0 unspecified atom stereocenters. The Balaban J connectivity index is 0.00000256. The molecule has 0 bridgehead atoms. The zero-order valence-corrected chi connectivity index (χ0v) is 21.3. The van der Waals surface area contributed by atoms with Gasteiger partial charge in [-0.1, -0.05) is 72.1 Å². The molecule has 0 radical (unpaired) electrons. The number of nitrogens with two attached hydrogens (primary N) is 2. The maximum Gasteiger partial charge on any atom is 0.159 e. The van der Waals surface area contributed by atoms with E-state index in [2.05, 4.69) is 36.0 Å². The standard InChI is InChI=1S/C24H26N4S2.2ClH/c1-17-13-20(16-30-24(26)28-22-11-7-4-8-12-22)18(2)14-19(17)15-29-23(25)27-21-9-5-3-6-10-21;;/h3-14H,15-16H2,1-2H3,(H2,25,27)(H2,26,28);2*1H. The zero-order valence-electron chi connectivity index (χ0n) is 18.0. The van der Waals surface area contributed by atoms with E-state index in [1.807, 2.05) is 60.7 Å². The van der Waals surface area contributed by atoms with Gasteiger partial charge in [0, 0.05) is 11.5 Å². The molecule has 170 valence electrons. The number of hydrogen-bond donors (Lipinski definition) is 2. The molecule has 4 N–H and O–H groups in total. The maximum absolute atomic E-state index is 6.10. The molecule has 0 saturated carbocycles. The van der Waals surface area contributed by atoms with E-state index in [4.69, 9.17) is 11.5 Å². The minimum atomic E-state index is 0. The van der Waals surface area contributed by atoms with Gasteiger partial charge in [-0.05, 0) is 60.4 Å². The van der Waals surface area contributed by atoms with Crippen LogP contribution in [0.5, 0.6) is 0 Å². The molecule has 4 nitrogen and oxygen atoms in total. The fourth-order valence-corrected chi connectivity index (χ4v) is 4.44. The highest BCUT2D eigenvalue weighted by Crippen LogP contribution is 2.25. The van der Waals surface area contributed by atoms with Gasteiger partial charge in [0.1, 0.15) is 0 Å². The van der Waals surface area contributed by atoms with Gasteiger partial charge in [0.2, 0.25) is 0 Å². The summed E-state index contributed by atoms with van der Waals surface area (Å²) in [5.74, 6) is 1.58. The summed E-state index contributed by atoms with van der Waals surface area (Å²) in [4.78, 5) is 8.91. The summed E-state index contributed by atoms with van der Waals surface area (Å²) in [7, 11) is 0. The Morgan fingerprint density at radius 1 is 0.656 bits per heavy atom. The van der Waals surface area contributed by atoms with E-state index in [1.165, 1.54) is 22.3 Å². The summed E-state index contributed by atoms with van der Waals surface area (Å²) < 4.78 is 0. The monoisotopic (exact) mass is 506 g/mol. The quantitative estimate of drug-likeness (QED) is 0.281. The number of hydrogen-bond acceptors (Lipinski definition) is 4. The van der Waals surface area contributed by atoms with Gasteiger partial charge >= 0.3 is 0 Å². The smallest absolute Gasteiger partial charge is 0.159 e. The molecule has 32 heavy (non-hydrogen) atoms. The molecular formula is C24H28Cl2N4S2. The van der Waals surface area contributed by atoms with Crippen LogP contribution in [0.25, 0.3) is 0 Å². The average Bonchev–Trinajstić information content (AvgIpc) is 2.74. The molecule has 0 aromatic heterocycles. The van der Waals surface area contributed by atoms with Crippen LogP contribution in [0.4, 0.5) is 11.4 Å². The summed E-state index contributed by atoms with van der Waals surface area (Å²) in [5, 5.41) is 1.14. The van der Waals surface area contributed by atoms with Crippen molar-refractivity contribution in [2.45, 2.75) is 25.4 Å². The fraction of sp³-hybridized carbons (Fsp3) is 0.167. The number of nitrogens with zero attached hydrogens (tertiary/aromatic N) is 2. The minimum absolute atomic E-state index is 0. The Kier molecular flexibility index (Phi) is 12.3. The van der Waals surface area contributed by atoms with Crippen LogP contribution in [0.2, 0.25) is 0 Å². The predicted molar refractivity (Wildman–Crippen MR) is 148 cm³/mol. The molecule has 0 fully saturated rings. The molecule has 0 heterocycles. The number of halogens is 2. The van der Waals surface area contributed by atoms with Gasteiger partial charge < -0.3 is 11.5 Å². The third-order valence-electron chi connectivity index (χ3n) is 4.54. The van der Waals surface area contributed by atoms with Crippen molar-refractivity contribution < 1.29 is 0 Å². The average molecular weight is 508 g/mol. The molecule has 3 aromatic rings. The molecule has 0 amide bonds. The molecular weight excluding hydrogens is 479 g/mol. The highest BCUT2D eigenvalue weighted by Gasteiger charge is 2.08. The zero-order chi connectivity index (χ0) is 21.3. The first kappa shape index (κ1) is 27.9. The number of amidine groups is 2. The van der Waals surface area contributed by atoms with Gasteiger partial charge in [0.05, 0.1) is 11.4 Å². The largest absolute Gasteiger partial charge is 0.378 e. The molecule has 0 saturated heterocycles. The first-order valence-electron chi connectivity index (χ1n) is 9.64. The number of rotatable bonds is 6. The number of aryl methyl sites for hydroxylation is 2. The van der Waals surface area contributed by atoms with E-state index < -0.39 is 0 Å². The van der Waals surface area contributed by atoms with Crippen molar-refractivity contribution in [3.05, 3.63) is 95.1 Å². The highest BCUT2D eigenvalue weighted by molar-refractivity contribution is 8.13. The summed E-state index contributed by atoms with van der Waals surface area (Å²) in [6, 6.07) is 24.0. The minimum Gasteiger partial charge on any atom is -0.378 e. The van der Waals surface area contributed by atoms with Crippen LogP contribution in [0.15, 0.2) is 82.8 Å². The summed E-state index contributed by atoms with van der Waals surface area (Å²) >= 11 is 3.11. The van der Waals surface area contributed by atoms with Crippen LogP contribution in [0, 0.1) is 13.8 Å². The van der Waals surface area contributed by atoms with Gasteiger partial charge in [-0.15, -0.1) is 24.8 Å². The molecule has 0 spiro atoms. The lowest BCUT2D eigenvalue weighted by atomic mass is 10.0. The van der Waals surface area contributed by atoms with Crippen molar-refractivity contribution in [3.8, 4) is 0 Å². The van der Waals surface area contributed by atoms with Gasteiger partial charge in [-0.2, -0.15) is 0 Å². The summed E-state index contributed by atoms with van der Waals surface area (Å²) in [6.45, 7) is 4.27. The van der Waals surface area contributed by atoms with Crippen LogP contribution in [0.3, 0.4) is 0 Å². The topological polar surface area (TPSA) is 76.8 Å². The predicted octanol–water partition coefficient (Wildman–Crippen LogP) is 6.91. The normalized spacial score (nSPS) is 11.4. The van der Waals surface area contributed by atoms with E-state index in [0.717, 1.165) is 22.9 Å². The van der Waals surface area contributed by atoms with Crippen LogP contribution in [0.1, 0.15) is 22.3 Å². The lowest BCUT2D eigenvalue weighted by molar-refractivity contribution is 1.22. The Morgan fingerprint density at radius 3 is 1.34 bits per heavy atom. The maximum atomic E-state index is 6.10. The highest BCUT2D eigenvalue weighted by atomic mass is 35.5. The number of thioether (sulfide) groups is 2. The van der Waals surface area contributed by atoms with Gasteiger partial charge in [-0.25, -0.2) is 9.98 Å². The first-order valence-corrected chi connectivity index (χ1v) is 11.6. The number of para-hydroxylation sites is 2. The third-order valence-corrected chi connectivity index (χ3v) is 6.22. The molecule has 0 aliphatic heterocycles.